The minimum Gasteiger partial charge on any atom is -0.494 e. The highest BCUT2D eigenvalue weighted by Gasteiger charge is 2.32. The maximum absolute atomic E-state index is 13.2. The Morgan fingerprint density at radius 1 is 1.07 bits per heavy atom. The summed E-state index contributed by atoms with van der Waals surface area (Å²) < 4.78 is 7.71. The van der Waals surface area contributed by atoms with Gasteiger partial charge in [-0.3, -0.25) is 0 Å². The number of nitrogens with one attached hydrogen (secondary N) is 1. The van der Waals surface area contributed by atoms with E-state index in [1.807, 2.05) is 48.2 Å². The van der Waals surface area contributed by atoms with E-state index >= 15 is 0 Å². The second kappa shape index (κ2) is 7.80. The second-order valence-electron chi connectivity index (χ2n) is 6.97. The van der Waals surface area contributed by atoms with Crippen LogP contribution in [-0.4, -0.2) is 28.6 Å². The molecule has 0 saturated heterocycles. The Hall–Kier alpha value is -3.21. The number of urea groups is 1. The van der Waals surface area contributed by atoms with Gasteiger partial charge < -0.3 is 19.5 Å². The Morgan fingerprint density at radius 3 is 2.61 bits per heavy atom. The molecule has 0 spiro atoms. The van der Waals surface area contributed by atoms with Crippen LogP contribution in [0.3, 0.4) is 0 Å². The van der Waals surface area contributed by atoms with Gasteiger partial charge in [0.2, 0.25) is 0 Å². The third-order valence-corrected chi connectivity index (χ3v) is 5.20. The first kappa shape index (κ1) is 18.2. The molecule has 3 aromatic rings. The van der Waals surface area contributed by atoms with Crippen molar-refractivity contribution < 1.29 is 9.53 Å². The van der Waals surface area contributed by atoms with Crippen molar-refractivity contribution in [1.82, 2.24) is 9.47 Å². The topological polar surface area (TPSA) is 46.5 Å². The van der Waals surface area contributed by atoms with Gasteiger partial charge in [0.05, 0.1) is 12.6 Å². The van der Waals surface area contributed by atoms with Crippen molar-refractivity contribution in [3.8, 4) is 5.75 Å². The van der Waals surface area contributed by atoms with Gasteiger partial charge in [0.25, 0.3) is 0 Å². The van der Waals surface area contributed by atoms with Crippen LogP contribution in [0.15, 0.2) is 66.9 Å². The van der Waals surface area contributed by atoms with Crippen LogP contribution in [0.1, 0.15) is 29.8 Å². The van der Waals surface area contributed by atoms with Gasteiger partial charge in [-0.25, -0.2) is 4.79 Å². The highest BCUT2D eigenvalue weighted by atomic mass is 16.5. The minimum atomic E-state index is -0.104. The van der Waals surface area contributed by atoms with Gasteiger partial charge in [-0.15, -0.1) is 0 Å². The fourth-order valence-electron chi connectivity index (χ4n) is 3.82. The fourth-order valence-corrected chi connectivity index (χ4v) is 3.82. The summed E-state index contributed by atoms with van der Waals surface area (Å²) in [6.07, 6.45) is 2.09. The molecule has 1 unspecified atom stereocenters. The lowest BCUT2D eigenvalue weighted by molar-refractivity contribution is 0.181. The number of fused-ring (bicyclic) bond motifs is 1. The number of aryl methyl sites for hydroxylation is 1. The zero-order valence-electron chi connectivity index (χ0n) is 16.3. The van der Waals surface area contributed by atoms with Crippen molar-refractivity contribution in [2.75, 3.05) is 18.5 Å². The summed E-state index contributed by atoms with van der Waals surface area (Å²) in [5.74, 6) is 0.800. The van der Waals surface area contributed by atoms with Gasteiger partial charge in [-0.1, -0.05) is 24.3 Å². The molecule has 28 heavy (non-hydrogen) atoms. The maximum Gasteiger partial charge on any atom is 0.322 e. The van der Waals surface area contributed by atoms with Crippen molar-refractivity contribution in [3.63, 3.8) is 0 Å². The predicted octanol–water partition coefficient (Wildman–Crippen LogP) is 4.83. The number of hydrogen-bond acceptors (Lipinski definition) is 2. The van der Waals surface area contributed by atoms with E-state index in [1.54, 1.807) is 0 Å². The Kier molecular flexibility index (Phi) is 5.06. The Balaban J connectivity index is 1.62. The second-order valence-corrected chi connectivity index (χ2v) is 6.97. The summed E-state index contributed by atoms with van der Waals surface area (Å²) in [6, 6.07) is 19.7. The molecule has 5 nitrogen and oxygen atoms in total. The number of amides is 2. The van der Waals surface area contributed by atoms with Gasteiger partial charge in [0.1, 0.15) is 5.75 Å². The molecule has 0 aliphatic carbocycles. The molecule has 0 radical (unpaired) electrons. The van der Waals surface area contributed by atoms with Crippen molar-refractivity contribution in [3.05, 3.63) is 83.7 Å². The first-order valence-electron chi connectivity index (χ1n) is 9.68. The van der Waals surface area contributed by atoms with Gasteiger partial charge in [0, 0.05) is 30.7 Å². The van der Waals surface area contributed by atoms with E-state index in [9.17, 15) is 4.79 Å². The highest BCUT2D eigenvalue weighted by molar-refractivity contribution is 5.90. The van der Waals surface area contributed by atoms with E-state index in [-0.39, 0.29) is 12.1 Å². The molecule has 1 N–H and O–H groups in total. The Morgan fingerprint density at radius 2 is 1.86 bits per heavy atom. The Labute approximate surface area is 165 Å². The van der Waals surface area contributed by atoms with Crippen molar-refractivity contribution >= 4 is 11.7 Å². The van der Waals surface area contributed by atoms with Crippen molar-refractivity contribution in [2.45, 2.75) is 26.4 Å². The summed E-state index contributed by atoms with van der Waals surface area (Å²) >= 11 is 0. The van der Waals surface area contributed by atoms with Crippen LogP contribution in [-0.2, 0) is 6.54 Å². The molecule has 2 aromatic carbocycles. The summed E-state index contributed by atoms with van der Waals surface area (Å²) in [7, 11) is 0. The van der Waals surface area contributed by atoms with E-state index < -0.39 is 0 Å². The first-order chi connectivity index (χ1) is 13.7. The average molecular weight is 375 g/mol. The number of ether oxygens (including phenoxy) is 1. The smallest absolute Gasteiger partial charge is 0.322 e. The van der Waals surface area contributed by atoms with Gasteiger partial charge >= 0.3 is 6.03 Å². The van der Waals surface area contributed by atoms with Crippen LogP contribution >= 0.6 is 0 Å². The molecular weight excluding hydrogens is 350 g/mol. The fraction of sp³-hybridized carbons (Fsp3) is 0.261. The lowest BCUT2D eigenvalue weighted by Crippen LogP contribution is -2.44. The molecule has 0 fully saturated rings. The van der Waals surface area contributed by atoms with Gasteiger partial charge in [-0.05, 0) is 61.4 Å². The number of aromatic nitrogens is 1. The molecule has 1 aliphatic heterocycles. The number of carbonyl (C=O) groups excluding carboxylic acids is 1. The third-order valence-electron chi connectivity index (χ3n) is 5.20. The standard InChI is InChI=1S/C23H25N3O2/c1-3-28-19-12-10-18(11-13-19)24-23(27)26-16-15-25-14-6-9-21(25)22(26)20-8-5-4-7-17(20)2/h4-14,22H,3,15-16H2,1-2H3,(H,24,27). The SMILES string of the molecule is CCOc1ccc(NC(=O)N2CCn3cccc3C2c2ccccc2C)cc1. The average Bonchev–Trinajstić information content (AvgIpc) is 3.18. The summed E-state index contributed by atoms with van der Waals surface area (Å²) in [4.78, 5) is 15.1. The number of anilines is 1. The molecule has 2 heterocycles. The third kappa shape index (κ3) is 3.48. The van der Waals surface area contributed by atoms with E-state index in [1.165, 1.54) is 5.56 Å². The number of rotatable bonds is 4. The van der Waals surface area contributed by atoms with Crippen molar-refractivity contribution in [1.29, 1.82) is 0 Å². The zero-order valence-corrected chi connectivity index (χ0v) is 16.3. The molecule has 2 amide bonds. The molecular formula is C23H25N3O2. The number of carbonyl (C=O) groups is 1. The lowest BCUT2D eigenvalue weighted by Gasteiger charge is -2.38. The molecule has 1 aromatic heterocycles. The lowest BCUT2D eigenvalue weighted by atomic mass is 9.96. The van der Waals surface area contributed by atoms with E-state index in [2.05, 4.69) is 47.3 Å². The van der Waals surface area contributed by atoms with E-state index in [4.69, 9.17) is 4.74 Å². The summed E-state index contributed by atoms with van der Waals surface area (Å²) in [6.45, 7) is 6.12. The normalized spacial score (nSPS) is 15.8. The van der Waals surface area contributed by atoms with E-state index in [0.29, 0.717) is 13.2 Å². The highest BCUT2D eigenvalue weighted by Crippen LogP contribution is 2.34. The van der Waals surface area contributed by atoms with Crippen LogP contribution in [0.4, 0.5) is 10.5 Å². The van der Waals surface area contributed by atoms with Crippen LogP contribution < -0.4 is 10.1 Å². The van der Waals surface area contributed by atoms with Gasteiger partial charge in [0.15, 0.2) is 0 Å². The molecule has 1 aliphatic rings. The number of nitrogens with zero attached hydrogens (tertiary/aromatic N) is 2. The molecule has 0 saturated carbocycles. The van der Waals surface area contributed by atoms with Crippen LogP contribution in [0, 0.1) is 6.92 Å². The van der Waals surface area contributed by atoms with Crippen molar-refractivity contribution in [2.24, 2.45) is 0 Å². The van der Waals surface area contributed by atoms with Crippen LogP contribution in [0.2, 0.25) is 0 Å². The largest absolute Gasteiger partial charge is 0.494 e. The minimum absolute atomic E-state index is 0.0927. The zero-order chi connectivity index (χ0) is 19.5. The predicted molar refractivity (Wildman–Crippen MR) is 111 cm³/mol. The molecule has 1 atom stereocenters. The monoisotopic (exact) mass is 375 g/mol. The summed E-state index contributed by atoms with van der Waals surface area (Å²) in [5, 5.41) is 3.05. The maximum atomic E-state index is 13.2. The van der Waals surface area contributed by atoms with Crippen LogP contribution in [0.5, 0.6) is 5.75 Å². The van der Waals surface area contributed by atoms with Gasteiger partial charge in [-0.2, -0.15) is 0 Å². The summed E-state index contributed by atoms with van der Waals surface area (Å²) in [5.41, 5.74) is 4.24. The molecule has 144 valence electrons. The first-order valence-corrected chi connectivity index (χ1v) is 9.68. The number of hydrogen-bond donors (Lipinski definition) is 1. The Bertz CT molecular complexity index is 962. The number of benzene rings is 2. The molecule has 5 heteroatoms. The molecule has 0 bridgehead atoms. The quantitative estimate of drug-likeness (QED) is 0.710. The van der Waals surface area contributed by atoms with E-state index in [0.717, 1.165) is 29.2 Å². The van der Waals surface area contributed by atoms with Crippen LogP contribution in [0.25, 0.3) is 0 Å². The molecule has 4 rings (SSSR count).